The molecule has 204 valence electrons. The van der Waals surface area contributed by atoms with E-state index in [1.165, 1.54) is 18.2 Å². The Balaban J connectivity index is 2.04. The maximum Gasteiger partial charge on any atom is 0.416 e. The molecule has 0 unspecified atom stereocenters. The number of nitrogens with one attached hydrogen (secondary N) is 1. The predicted octanol–water partition coefficient (Wildman–Crippen LogP) is 6.24. The molecule has 0 fully saturated rings. The lowest BCUT2D eigenvalue weighted by Gasteiger charge is -2.31. The van der Waals surface area contributed by atoms with Crippen LogP contribution < -0.4 is 14.8 Å². The smallest absolute Gasteiger partial charge is 0.416 e. The summed E-state index contributed by atoms with van der Waals surface area (Å²) in [5, 5.41) is 13.0. The maximum atomic E-state index is 13.4. The molecule has 0 radical (unpaired) electrons. The highest BCUT2D eigenvalue weighted by Gasteiger charge is 2.36. The molecule has 0 saturated carbocycles. The quantitative estimate of drug-likeness (QED) is 0.321. The molecule has 3 rings (SSSR count). The van der Waals surface area contributed by atoms with Crippen molar-refractivity contribution in [3.63, 3.8) is 0 Å². The fourth-order valence-electron chi connectivity index (χ4n) is 3.73. The Kier molecular flexibility index (Phi) is 8.54. The number of aliphatic carboxylic acids is 1. The van der Waals surface area contributed by atoms with Gasteiger partial charge in [0.25, 0.3) is 5.91 Å². The molecule has 1 heterocycles. The molecule has 0 bridgehead atoms. The molecule has 1 atom stereocenters. The second-order valence-corrected chi connectivity index (χ2v) is 9.90. The molecule has 3 aromatic rings. The molecule has 0 aliphatic rings. The van der Waals surface area contributed by atoms with Crippen LogP contribution in [0.1, 0.15) is 62.5 Å². The van der Waals surface area contributed by atoms with Crippen molar-refractivity contribution in [3.8, 4) is 11.6 Å². The van der Waals surface area contributed by atoms with Crippen molar-refractivity contribution in [1.82, 2.24) is 10.3 Å². The second-order valence-electron chi connectivity index (χ2n) is 9.90. The van der Waals surface area contributed by atoms with Crippen molar-refractivity contribution in [2.75, 3.05) is 0 Å². The zero-order chi connectivity index (χ0) is 28.3. The van der Waals surface area contributed by atoms with E-state index >= 15 is 0 Å². The summed E-state index contributed by atoms with van der Waals surface area (Å²) in [4.78, 5) is 29.9. The molecule has 0 spiro atoms. The van der Waals surface area contributed by atoms with Gasteiger partial charge in [0, 0.05) is 11.5 Å². The van der Waals surface area contributed by atoms with Crippen molar-refractivity contribution in [2.45, 2.75) is 66.0 Å². The molecule has 2 N–H and O–H groups in total. The number of halogens is 3. The number of ether oxygens (including phenoxy) is 2. The van der Waals surface area contributed by atoms with Crippen LogP contribution in [-0.4, -0.2) is 34.1 Å². The minimum Gasteiger partial charge on any atom is -0.486 e. The average Bonchev–Trinajstić information content (AvgIpc) is 2.84. The monoisotopic (exact) mass is 532 g/mol. The standard InChI is InChI=1S/C28H31F3N2O5/c1-6-27(4,5)24(26(35)36)33-25(34)20-13-9-18-10-14-21(38-16(2)3)32-22(18)23(20)37-15-17-7-11-19(12-8-17)28(29,30)31/h7-14,16,24H,6,15H2,1-5H3,(H,33,34)(H,35,36)/t24-/m1/s1. The number of carboxylic acids is 1. The van der Waals surface area contributed by atoms with E-state index in [2.05, 4.69) is 10.3 Å². The van der Waals surface area contributed by atoms with E-state index in [0.29, 0.717) is 28.8 Å². The van der Waals surface area contributed by atoms with Crippen molar-refractivity contribution in [3.05, 3.63) is 65.2 Å². The van der Waals surface area contributed by atoms with E-state index in [1.807, 2.05) is 20.8 Å². The van der Waals surface area contributed by atoms with Gasteiger partial charge in [-0.2, -0.15) is 13.2 Å². The van der Waals surface area contributed by atoms with Crippen LogP contribution in [0.5, 0.6) is 11.6 Å². The number of nitrogens with zero attached hydrogens (tertiary/aromatic N) is 1. The first-order valence-corrected chi connectivity index (χ1v) is 12.2. The highest BCUT2D eigenvalue weighted by Crippen LogP contribution is 2.33. The Morgan fingerprint density at radius 1 is 1.03 bits per heavy atom. The summed E-state index contributed by atoms with van der Waals surface area (Å²) in [5.41, 5.74) is -0.759. The van der Waals surface area contributed by atoms with Gasteiger partial charge in [0.15, 0.2) is 5.75 Å². The molecule has 7 nitrogen and oxygen atoms in total. The first-order valence-electron chi connectivity index (χ1n) is 12.2. The molecule has 38 heavy (non-hydrogen) atoms. The number of hydrogen-bond donors (Lipinski definition) is 2. The summed E-state index contributed by atoms with van der Waals surface area (Å²) in [5.74, 6) is -1.50. The van der Waals surface area contributed by atoms with Crippen LogP contribution in [0.25, 0.3) is 10.9 Å². The van der Waals surface area contributed by atoms with Gasteiger partial charge in [0.1, 0.15) is 18.2 Å². The third-order valence-corrected chi connectivity index (χ3v) is 6.27. The van der Waals surface area contributed by atoms with Gasteiger partial charge in [0.2, 0.25) is 5.88 Å². The summed E-state index contributed by atoms with van der Waals surface area (Å²) >= 11 is 0. The molecule has 0 saturated heterocycles. The lowest BCUT2D eigenvalue weighted by molar-refractivity contribution is -0.142. The molecular formula is C28H31F3N2O5. The number of alkyl halides is 3. The zero-order valence-electron chi connectivity index (χ0n) is 21.8. The second kappa shape index (κ2) is 11.3. The first-order chi connectivity index (χ1) is 17.7. The highest BCUT2D eigenvalue weighted by molar-refractivity contribution is 6.04. The normalized spacial score (nSPS) is 12.9. The summed E-state index contributed by atoms with van der Waals surface area (Å²) in [6.45, 7) is 8.82. The van der Waals surface area contributed by atoms with Crippen LogP contribution in [0, 0.1) is 5.41 Å². The number of benzene rings is 2. The summed E-state index contributed by atoms with van der Waals surface area (Å²) < 4.78 is 50.5. The molecular weight excluding hydrogens is 501 g/mol. The summed E-state index contributed by atoms with van der Waals surface area (Å²) in [7, 11) is 0. The van der Waals surface area contributed by atoms with E-state index in [1.54, 1.807) is 32.0 Å². The summed E-state index contributed by atoms with van der Waals surface area (Å²) in [6, 6.07) is 9.88. The van der Waals surface area contributed by atoms with E-state index < -0.39 is 35.1 Å². The van der Waals surface area contributed by atoms with Crippen LogP contribution >= 0.6 is 0 Å². The maximum absolute atomic E-state index is 13.4. The van der Waals surface area contributed by atoms with Gasteiger partial charge in [0.05, 0.1) is 17.2 Å². The lowest BCUT2D eigenvalue weighted by Crippen LogP contribution is -2.50. The molecule has 10 heteroatoms. The van der Waals surface area contributed by atoms with E-state index in [0.717, 1.165) is 12.1 Å². The van der Waals surface area contributed by atoms with Crippen molar-refractivity contribution < 1.29 is 37.3 Å². The highest BCUT2D eigenvalue weighted by atomic mass is 19.4. The topological polar surface area (TPSA) is 97.8 Å². The number of aromatic nitrogens is 1. The fraction of sp³-hybridized carbons (Fsp3) is 0.393. The minimum absolute atomic E-state index is 0.0387. The van der Waals surface area contributed by atoms with Crippen LogP contribution in [0.15, 0.2) is 48.5 Å². The van der Waals surface area contributed by atoms with Crippen LogP contribution in [0.3, 0.4) is 0 Å². The molecule has 0 aliphatic carbocycles. The Morgan fingerprint density at radius 3 is 2.21 bits per heavy atom. The number of carbonyl (C=O) groups excluding carboxylic acids is 1. The Morgan fingerprint density at radius 2 is 1.66 bits per heavy atom. The van der Waals surface area contributed by atoms with Crippen molar-refractivity contribution >= 4 is 22.8 Å². The fourth-order valence-corrected chi connectivity index (χ4v) is 3.73. The largest absolute Gasteiger partial charge is 0.486 e. The number of pyridine rings is 1. The zero-order valence-corrected chi connectivity index (χ0v) is 21.8. The van der Waals surface area contributed by atoms with Gasteiger partial charge < -0.3 is 19.9 Å². The molecule has 0 aliphatic heterocycles. The van der Waals surface area contributed by atoms with Gasteiger partial charge in [-0.3, -0.25) is 4.79 Å². The summed E-state index contributed by atoms with van der Waals surface area (Å²) in [6.07, 6.45) is -4.14. The molecule has 2 aromatic carbocycles. The average molecular weight is 533 g/mol. The van der Waals surface area contributed by atoms with Gasteiger partial charge in [-0.15, -0.1) is 0 Å². The van der Waals surface area contributed by atoms with Crippen molar-refractivity contribution in [2.24, 2.45) is 5.41 Å². The van der Waals surface area contributed by atoms with Gasteiger partial charge >= 0.3 is 12.1 Å². The predicted molar refractivity (Wildman–Crippen MR) is 136 cm³/mol. The third kappa shape index (κ3) is 6.73. The van der Waals surface area contributed by atoms with Gasteiger partial charge in [-0.25, -0.2) is 9.78 Å². The number of amides is 1. The number of hydrogen-bond acceptors (Lipinski definition) is 5. The van der Waals surface area contributed by atoms with E-state index in [4.69, 9.17) is 9.47 Å². The van der Waals surface area contributed by atoms with Crippen molar-refractivity contribution in [1.29, 1.82) is 0 Å². The van der Waals surface area contributed by atoms with Crippen LogP contribution in [0.2, 0.25) is 0 Å². The number of rotatable bonds is 10. The Hall–Kier alpha value is -3.82. The number of carbonyl (C=O) groups is 2. The first kappa shape index (κ1) is 28.7. The van der Waals surface area contributed by atoms with Gasteiger partial charge in [-0.1, -0.05) is 39.0 Å². The van der Waals surface area contributed by atoms with Crippen LogP contribution in [0.4, 0.5) is 13.2 Å². The van der Waals surface area contributed by atoms with E-state index in [-0.39, 0.29) is 24.0 Å². The molecule has 1 aromatic heterocycles. The van der Waals surface area contributed by atoms with Gasteiger partial charge in [-0.05, 0) is 55.5 Å². The van der Waals surface area contributed by atoms with E-state index in [9.17, 15) is 27.9 Å². The van der Waals surface area contributed by atoms with Crippen LogP contribution in [-0.2, 0) is 17.6 Å². The Labute approximate surface area is 219 Å². The SMILES string of the molecule is CCC(C)(C)[C@H](NC(=O)c1ccc2ccc(OC(C)C)nc2c1OCc1ccc(C(F)(F)F)cc1)C(=O)O. The lowest BCUT2D eigenvalue weighted by atomic mass is 9.81. The Bertz CT molecular complexity index is 1300. The number of carboxylic acid groups (broad SMARTS) is 1. The minimum atomic E-state index is -4.47. The third-order valence-electron chi connectivity index (χ3n) is 6.27. The molecule has 1 amide bonds. The number of fused-ring (bicyclic) bond motifs is 1.